The van der Waals surface area contributed by atoms with E-state index in [1.807, 2.05) is 0 Å². The van der Waals surface area contributed by atoms with Gasteiger partial charge in [0.2, 0.25) is 0 Å². The van der Waals surface area contributed by atoms with Crippen LogP contribution in [-0.2, 0) is 18.3 Å². The Balaban J connectivity index is 1.81. The molecule has 0 aromatic heterocycles. The predicted molar refractivity (Wildman–Crippen MR) is 138 cm³/mol. The zero-order valence-corrected chi connectivity index (χ0v) is 24.5. The Bertz CT molecular complexity index is 668. The molecule has 1 aliphatic heterocycles. The molecule has 0 bridgehead atoms. The third-order valence-corrected chi connectivity index (χ3v) is 17.9. The highest BCUT2D eigenvalue weighted by Crippen LogP contribution is 2.45. The van der Waals surface area contributed by atoms with E-state index in [1.165, 1.54) is 19.3 Å². The molecule has 1 spiro atoms. The van der Waals surface area contributed by atoms with E-state index in [4.69, 9.17) is 18.3 Å². The van der Waals surface area contributed by atoms with Crippen LogP contribution in [0.25, 0.3) is 0 Å². The lowest BCUT2D eigenvalue weighted by Gasteiger charge is -2.45. The van der Waals surface area contributed by atoms with Gasteiger partial charge in [-0.15, -0.1) is 0 Å². The zero-order valence-electron chi connectivity index (χ0n) is 22.5. The van der Waals surface area contributed by atoms with Gasteiger partial charge in [-0.1, -0.05) is 60.1 Å². The molecule has 0 N–H and O–H groups in total. The Morgan fingerprint density at radius 1 is 0.812 bits per heavy atom. The van der Waals surface area contributed by atoms with Crippen molar-refractivity contribution in [3.8, 4) is 0 Å². The first kappa shape index (κ1) is 26.6. The highest BCUT2D eigenvalue weighted by Gasteiger charge is 2.50. The standard InChI is InChI=1S/C26H50O4Si2/c1-24(2,3)31(7,8)29-20-14-15-22(30-32(9,10)25(4,5)6)21(18-20)23-19-27-26(28-23)16-12-11-13-17-26/h14-15,20-23H,11-13,16-19H2,1-10H3/t20-,21+,22+,23-/m1/s1. The van der Waals surface area contributed by atoms with E-state index in [1.54, 1.807) is 0 Å². The summed E-state index contributed by atoms with van der Waals surface area (Å²) < 4.78 is 26.9. The fraction of sp³-hybridized carbons (Fsp3) is 0.923. The summed E-state index contributed by atoms with van der Waals surface area (Å²) in [6, 6.07) is 0. The van der Waals surface area contributed by atoms with Crippen LogP contribution in [0.3, 0.4) is 0 Å². The van der Waals surface area contributed by atoms with Gasteiger partial charge in [-0.3, -0.25) is 0 Å². The van der Waals surface area contributed by atoms with E-state index in [0.29, 0.717) is 6.61 Å². The smallest absolute Gasteiger partial charge is 0.192 e. The van der Waals surface area contributed by atoms with Gasteiger partial charge in [-0.25, -0.2) is 0 Å². The van der Waals surface area contributed by atoms with Gasteiger partial charge in [-0.2, -0.15) is 0 Å². The summed E-state index contributed by atoms with van der Waals surface area (Å²) in [4.78, 5) is 0. The summed E-state index contributed by atoms with van der Waals surface area (Å²) >= 11 is 0. The number of hydrogen-bond donors (Lipinski definition) is 0. The van der Waals surface area contributed by atoms with E-state index >= 15 is 0 Å². The molecule has 1 heterocycles. The monoisotopic (exact) mass is 482 g/mol. The second-order valence-electron chi connectivity index (χ2n) is 13.5. The van der Waals surface area contributed by atoms with Gasteiger partial charge in [0.1, 0.15) is 0 Å². The lowest BCUT2D eigenvalue weighted by molar-refractivity contribution is -0.194. The average Bonchev–Trinajstić information content (AvgIpc) is 3.04. The van der Waals surface area contributed by atoms with Gasteiger partial charge >= 0.3 is 0 Å². The van der Waals surface area contributed by atoms with Gasteiger partial charge in [-0.05, 0) is 55.5 Å². The lowest BCUT2D eigenvalue weighted by Crippen LogP contribution is -2.51. The second-order valence-corrected chi connectivity index (χ2v) is 23.0. The van der Waals surface area contributed by atoms with Crippen molar-refractivity contribution >= 4 is 16.6 Å². The summed E-state index contributed by atoms with van der Waals surface area (Å²) in [6.45, 7) is 24.0. The van der Waals surface area contributed by atoms with E-state index in [0.717, 1.165) is 19.3 Å². The minimum Gasteiger partial charge on any atom is -0.411 e. The molecule has 0 aromatic carbocycles. The third kappa shape index (κ3) is 5.80. The van der Waals surface area contributed by atoms with Gasteiger partial charge < -0.3 is 18.3 Å². The van der Waals surface area contributed by atoms with Crippen LogP contribution >= 0.6 is 0 Å². The summed E-state index contributed by atoms with van der Waals surface area (Å²) in [5.41, 5.74) is 0. The van der Waals surface area contributed by atoms with Gasteiger partial charge in [0.25, 0.3) is 0 Å². The van der Waals surface area contributed by atoms with Crippen LogP contribution in [0.4, 0.5) is 0 Å². The van der Waals surface area contributed by atoms with Crippen LogP contribution in [-0.4, -0.2) is 47.3 Å². The molecule has 3 rings (SSSR count). The van der Waals surface area contributed by atoms with E-state index in [-0.39, 0.29) is 40.1 Å². The van der Waals surface area contributed by atoms with Crippen molar-refractivity contribution in [2.24, 2.45) is 5.92 Å². The zero-order chi connectivity index (χ0) is 24.0. The van der Waals surface area contributed by atoms with Crippen molar-refractivity contribution in [3.63, 3.8) is 0 Å². The summed E-state index contributed by atoms with van der Waals surface area (Å²) in [5, 5.41) is 0.376. The molecule has 186 valence electrons. The number of ether oxygens (including phenoxy) is 2. The molecule has 1 saturated carbocycles. The van der Waals surface area contributed by atoms with E-state index in [2.05, 4.69) is 79.9 Å². The fourth-order valence-corrected chi connectivity index (χ4v) is 7.22. The molecule has 0 unspecified atom stereocenters. The van der Waals surface area contributed by atoms with Crippen LogP contribution in [0.5, 0.6) is 0 Å². The molecular weight excluding hydrogens is 432 g/mol. The summed E-state index contributed by atoms with van der Waals surface area (Å²) in [7, 11) is -3.77. The van der Waals surface area contributed by atoms with Crippen LogP contribution in [0, 0.1) is 5.92 Å². The minimum atomic E-state index is -1.91. The molecule has 2 aliphatic carbocycles. The second kappa shape index (κ2) is 9.23. The maximum absolute atomic E-state index is 6.96. The third-order valence-electron chi connectivity index (χ3n) is 8.90. The Hall–Kier alpha value is 0.0138. The molecule has 4 atom stereocenters. The molecule has 32 heavy (non-hydrogen) atoms. The van der Waals surface area contributed by atoms with Crippen molar-refractivity contribution in [2.75, 3.05) is 6.61 Å². The fourth-order valence-electron chi connectivity index (χ4n) is 4.65. The Kier molecular flexibility index (Phi) is 7.68. The van der Waals surface area contributed by atoms with Crippen molar-refractivity contribution in [1.29, 1.82) is 0 Å². The maximum Gasteiger partial charge on any atom is 0.192 e. The summed E-state index contributed by atoms with van der Waals surface area (Å²) in [5.74, 6) is -0.0771. The van der Waals surface area contributed by atoms with Crippen molar-refractivity contribution < 1.29 is 18.3 Å². The maximum atomic E-state index is 6.96. The van der Waals surface area contributed by atoms with Crippen molar-refractivity contribution in [2.45, 2.75) is 140 Å². The van der Waals surface area contributed by atoms with Gasteiger partial charge in [0, 0.05) is 18.8 Å². The first-order chi connectivity index (χ1) is 14.6. The molecule has 0 amide bonds. The molecule has 1 saturated heterocycles. The molecule has 4 nitrogen and oxygen atoms in total. The number of hydrogen-bond acceptors (Lipinski definition) is 4. The lowest BCUT2D eigenvalue weighted by atomic mass is 9.85. The molecular formula is C26H50O4Si2. The Labute approximate surface area is 200 Å². The van der Waals surface area contributed by atoms with Crippen LogP contribution in [0.1, 0.15) is 80.1 Å². The van der Waals surface area contributed by atoms with Crippen LogP contribution in [0.2, 0.25) is 36.3 Å². The predicted octanol–water partition coefficient (Wildman–Crippen LogP) is 7.42. The first-order valence-electron chi connectivity index (χ1n) is 12.9. The van der Waals surface area contributed by atoms with E-state index < -0.39 is 16.6 Å². The molecule has 0 aromatic rings. The van der Waals surface area contributed by atoms with E-state index in [9.17, 15) is 0 Å². The quantitative estimate of drug-likeness (QED) is 0.302. The highest BCUT2D eigenvalue weighted by molar-refractivity contribution is 6.74. The molecule has 3 aliphatic rings. The minimum absolute atomic E-state index is 0.0718. The topological polar surface area (TPSA) is 36.9 Å². The van der Waals surface area contributed by atoms with Crippen molar-refractivity contribution in [3.05, 3.63) is 12.2 Å². The normalized spacial score (nSPS) is 31.9. The van der Waals surface area contributed by atoms with Gasteiger partial charge in [0.15, 0.2) is 22.4 Å². The largest absolute Gasteiger partial charge is 0.411 e. The SMILES string of the molecule is CC(C)(C)[Si](C)(C)O[C@@H]1C=C[C@H](O[Si](C)(C)C(C)(C)C)[C@@H]([C@H]2COC3(CCCCC3)O2)C1. The van der Waals surface area contributed by atoms with Crippen LogP contribution in [0.15, 0.2) is 12.2 Å². The van der Waals surface area contributed by atoms with Crippen molar-refractivity contribution in [1.82, 2.24) is 0 Å². The highest BCUT2D eigenvalue weighted by atomic mass is 28.4. The molecule has 2 fully saturated rings. The van der Waals surface area contributed by atoms with Crippen LogP contribution < -0.4 is 0 Å². The summed E-state index contributed by atoms with van der Waals surface area (Å²) in [6.07, 6.45) is 11.6. The molecule has 6 heteroatoms. The Morgan fingerprint density at radius 2 is 1.38 bits per heavy atom. The average molecular weight is 483 g/mol. The Morgan fingerprint density at radius 3 is 1.94 bits per heavy atom. The molecule has 0 radical (unpaired) electrons. The van der Waals surface area contributed by atoms with Gasteiger partial charge in [0.05, 0.1) is 24.9 Å². The number of rotatable bonds is 5. The first-order valence-corrected chi connectivity index (χ1v) is 18.7.